The van der Waals surface area contributed by atoms with Crippen LogP contribution in [0, 0.1) is 5.92 Å². The SMILES string of the molecule is CC1CCCC(NCCCS(C)=O)C1. The van der Waals surface area contributed by atoms with Gasteiger partial charge >= 0.3 is 0 Å². The Hall–Kier alpha value is 0.110. The van der Waals surface area contributed by atoms with Crippen LogP contribution in [-0.2, 0) is 10.8 Å². The van der Waals surface area contributed by atoms with E-state index < -0.39 is 10.8 Å². The average Bonchev–Trinajstić information content (AvgIpc) is 2.12. The minimum atomic E-state index is -0.619. The topological polar surface area (TPSA) is 29.1 Å². The fourth-order valence-electron chi connectivity index (χ4n) is 2.20. The van der Waals surface area contributed by atoms with E-state index in [2.05, 4.69) is 12.2 Å². The summed E-state index contributed by atoms with van der Waals surface area (Å²) in [7, 11) is -0.619. The quantitative estimate of drug-likeness (QED) is 0.713. The van der Waals surface area contributed by atoms with Crippen LogP contribution in [0.4, 0.5) is 0 Å². The third kappa shape index (κ3) is 5.11. The van der Waals surface area contributed by atoms with Crippen molar-refractivity contribution in [2.45, 2.75) is 45.1 Å². The van der Waals surface area contributed by atoms with E-state index in [0.717, 1.165) is 30.7 Å². The van der Waals surface area contributed by atoms with Crippen LogP contribution in [0.5, 0.6) is 0 Å². The Morgan fingerprint density at radius 1 is 1.43 bits per heavy atom. The lowest BCUT2D eigenvalue weighted by Gasteiger charge is -2.27. The van der Waals surface area contributed by atoms with Crippen molar-refractivity contribution in [1.82, 2.24) is 5.32 Å². The summed E-state index contributed by atoms with van der Waals surface area (Å²) in [6.45, 7) is 3.38. The molecule has 0 aliphatic heterocycles. The second-order valence-electron chi connectivity index (χ2n) is 4.55. The fourth-order valence-corrected chi connectivity index (χ4v) is 2.75. The molecule has 0 saturated heterocycles. The van der Waals surface area contributed by atoms with Gasteiger partial charge in [-0.3, -0.25) is 4.21 Å². The van der Waals surface area contributed by atoms with Gasteiger partial charge in [-0.05, 0) is 31.7 Å². The summed E-state index contributed by atoms with van der Waals surface area (Å²) in [5.74, 6) is 1.73. The van der Waals surface area contributed by atoms with Crippen molar-refractivity contribution in [2.75, 3.05) is 18.6 Å². The molecule has 0 heterocycles. The lowest BCUT2D eigenvalue weighted by Crippen LogP contribution is -2.34. The van der Waals surface area contributed by atoms with Crippen molar-refractivity contribution in [2.24, 2.45) is 5.92 Å². The lowest BCUT2D eigenvalue weighted by atomic mass is 9.87. The smallest absolute Gasteiger partial charge is 0.0244 e. The minimum Gasteiger partial charge on any atom is -0.314 e. The maximum atomic E-state index is 10.8. The molecule has 0 aromatic rings. The molecule has 3 atom stereocenters. The van der Waals surface area contributed by atoms with Crippen molar-refractivity contribution < 1.29 is 4.21 Å². The van der Waals surface area contributed by atoms with Crippen molar-refractivity contribution in [3.63, 3.8) is 0 Å². The molecule has 1 N–H and O–H groups in total. The van der Waals surface area contributed by atoms with Crippen LogP contribution in [0.15, 0.2) is 0 Å². The van der Waals surface area contributed by atoms with Crippen LogP contribution in [0.3, 0.4) is 0 Å². The maximum absolute atomic E-state index is 10.8. The summed E-state index contributed by atoms with van der Waals surface area (Å²) in [5, 5.41) is 3.57. The highest BCUT2D eigenvalue weighted by molar-refractivity contribution is 7.84. The largest absolute Gasteiger partial charge is 0.314 e. The van der Waals surface area contributed by atoms with Crippen molar-refractivity contribution in [1.29, 1.82) is 0 Å². The van der Waals surface area contributed by atoms with Gasteiger partial charge in [0.05, 0.1) is 0 Å². The van der Waals surface area contributed by atoms with E-state index in [4.69, 9.17) is 0 Å². The molecule has 2 nitrogen and oxygen atoms in total. The van der Waals surface area contributed by atoms with E-state index in [0.29, 0.717) is 0 Å². The molecule has 1 saturated carbocycles. The van der Waals surface area contributed by atoms with Crippen LogP contribution >= 0.6 is 0 Å². The Kier molecular flexibility index (Phi) is 5.71. The van der Waals surface area contributed by atoms with Crippen LogP contribution in [0.1, 0.15) is 39.0 Å². The van der Waals surface area contributed by atoms with Gasteiger partial charge in [0.25, 0.3) is 0 Å². The molecule has 1 fully saturated rings. The summed E-state index contributed by atoms with van der Waals surface area (Å²) in [6.07, 6.45) is 8.27. The molecule has 0 aromatic carbocycles. The van der Waals surface area contributed by atoms with E-state index in [1.807, 2.05) is 0 Å². The molecule has 0 spiro atoms. The lowest BCUT2D eigenvalue weighted by molar-refractivity contribution is 0.302. The summed E-state index contributed by atoms with van der Waals surface area (Å²) >= 11 is 0. The van der Waals surface area contributed by atoms with Crippen molar-refractivity contribution >= 4 is 10.8 Å². The van der Waals surface area contributed by atoms with Crippen LogP contribution in [0.2, 0.25) is 0 Å². The summed E-state index contributed by atoms with van der Waals surface area (Å²) < 4.78 is 10.8. The van der Waals surface area contributed by atoms with Crippen molar-refractivity contribution in [3.8, 4) is 0 Å². The third-order valence-corrected chi connectivity index (χ3v) is 3.84. The Bertz CT molecular complexity index is 184. The first kappa shape index (κ1) is 12.2. The number of hydrogen-bond acceptors (Lipinski definition) is 2. The predicted octanol–water partition coefficient (Wildman–Crippen LogP) is 1.92. The van der Waals surface area contributed by atoms with Gasteiger partial charge in [-0.15, -0.1) is 0 Å². The van der Waals surface area contributed by atoms with Gasteiger partial charge in [-0.1, -0.05) is 19.8 Å². The zero-order chi connectivity index (χ0) is 10.4. The van der Waals surface area contributed by atoms with Gasteiger partial charge in [0.1, 0.15) is 0 Å². The molecule has 0 bridgehead atoms. The predicted molar refractivity (Wildman–Crippen MR) is 63.0 cm³/mol. The van der Waals surface area contributed by atoms with Crippen LogP contribution in [-0.4, -0.2) is 28.8 Å². The molecule has 0 radical (unpaired) electrons. The van der Waals surface area contributed by atoms with Crippen molar-refractivity contribution in [3.05, 3.63) is 0 Å². The Morgan fingerprint density at radius 2 is 2.21 bits per heavy atom. The zero-order valence-electron chi connectivity index (χ0n) is 9.42. The Labute approximate surface area is 90.3 Å². The molecule has 1 aliphatic carbocycles. The number of hydrogen-bond donors (Lipinski definition) is 1. The highest BCUT2D eigenvalue weighted by Crippen LogP contribution is 2.23. The molecule has 0 aromatic heterocycles. The second-order valence-corrected chi connectivity index (χ2v) is 6.11. The molecule has 1 aliphatic rings. The van der Waals surface area contributed by atoms with Gasteiger partial charge < -0.3 is 5.32 Å². The van der Waals surface area contributed by atoms with E-state index in [9.17, 15) is 4.21 Å². The van der Waals surface area contributed by atoms with Gasteiger partial charge in [0, 0.05) is 28.9 Å². The monoisotopic (exact) mass is 217 g/mol. The first-order valence-corrected chi connectivity index (χ1v) is 7.44. The number of nitrogens with one attached hydrogen (secondary N) is 1. The first-order chi connectivity index (χ1) is 6.68. The van der Waals surface area contributed by atoms with E-state index >= 15 is 0 Å². The highest BCUT2D eigenvalue weighted by Gasteiger charge is 2.17. The Morgan fingerprint density at radius 3 is 2.86 bits per heavy atom. The summed E-state index contributed by atoms with van der Waals surface area (Å²) in [6, 6.07) is 0.726. The second kappa shape index (κ2) is 6.57. The van der Waals surface area contributed by atoms with Gasteiger partial charge in [-0.25, -0.2) is 0 Å². The van der Waals surface area contributed by atoms with E-state index in [1.54, 1.807) is 6.26 Å². The third-order valence-electron chi connectivity index (χ3n) is 2.98. The van der Waals surface area contributed by atoms with Crippen LogP contribution < -0.4 is 5.32 Å². The molecule has 0 amide bonds. The molecule has 3 unspecified atom stereocenters. The standard InChI is InChI=1S/C11H23NOS/c1-10-5-3-6-11(9-10)12-7-4-8-14(2)13/h10-12H,3-9H2,1-2H3. The summed E-state index contributed by atoms with van der Waals surface area (Å²) in [4.78, 5) is 0. The molecule has 14 heavy (non-hydrogen) atoms. The molecule has 3 heteroatoms. The van der Waals surface area contributed by atoms with Gasteiger partial charge in [0.15, 0.2) is 0 Å². The molecular formula is C11H23NOS. The summed E-state index contributed by atoms with van der Waals surface area (Å²) in [5.41, 5.74) is 0. The Balaban J connectivity index is 2.03. The van der Waals surface area contributed by atoms with Crippen LogP contribution in [0.25, 0.3) is 0 Å². The first-order valence-electron chi connectivity index (χ1n) is 5.72. The average molecular weight is 217 g/mol. The maximum Gasteiger partial charge on any atom is 0.0244 e. The molecule has 84 valence electrons. The fraction of sp³-hybridized carbons (Fsp3) is 1.00. The van der Waals surface area contributed by atoms with Gasteiger partial charge in [0.2, 0.25) is 0 Å². The normalized spacial score (nSPS) is 30.1. The van der Waals surface area contributed by atoms with E-state index in [-0.39, 0.29) is 0 Å². The molecule has 1 rings (SSSR count). The van der Waals surface area contributed by atoms with Gasteiger partial charge in [-0.2, -0.15) is 0 Å². The zero-order valence-corrected chi connectivity index (χ0v) is 10.2. The minimum absolute atomic E-state index is 0.619. The number of rotatable bonds is 5. The molecular weight excluding hydrogens is 194 g/mol. The van der Waals surface area contributed by atoms with E-state index in [1.165, 1.54) is 25.7 Å². The highest BCUT2D eigenvalue weighted by atomic mass is 32.2.